The maximum absolute atomic E-state index is 14.0. The minimum Gasteiger partial charge on any atom is -0.382 e. The standard InChI is InChI=1S/C13H11Cl2FN2/c1-6-3-7(2)11(10(16)4-6)12-8(14)5-9(15)13(17)18-12/h3-5H,1-2H3,(H2,17,18). The molecule has 2 nitrogen and oxygen atoms in total. The number of nitrogens with zero attached hydrogens (tertiary/aromatic N) is 1. The average Bonchev–Trinajstić information content (AvgIpc) is 2.24. The zero-order valence-corrected chi connectivity index (χ0v) is 11.4. The summed E-state index contributed by atoms with van der Waals surface area (Å²) < 4.78 is 14.0. The SMILES string of the molecule is Cc1cc(C)c(-c2nc(N)c(Cl)cc2Cl)c(F)c1. The third-order valence-electron chi connectivity index (χ3n) is 2.63. The zero-order chi connectivity index (χ0) is 13.4. The van der Waals surface area contributed by atoms with Gasteiger partial charge in [-0.2, -0.15) is 0 Å². The Morgan fingerprint density at radius 3 is 2.39 bits per heavy atom. The fraction of sp³-hybridized carbons (Fsp3) is 0.154. The van der Waals surface area contributed by atoms with Gasteiger partial charge in [-0.25, -0.2) is 9.37 Å². The van der Waals surface area contributed by atoms with Crippen molar-refractivity contribution in [2.75, 3.05) is 5.73 Å². The molecular formula is C13H11Cl2FN2. The maximum Gasteiger partial charge on any atom is 0.143 e. The first kappa shape index (κ1) is 13.1. The number of pyridine rings is 1. The molecule has 18 heavy (non-hydrogen) atoms. The first-order valence-electron chi connectivity index (χ1n) is 5.28. The van der Waals surface area contributed by atoms with Crippen LogP contribution in [0.5, 0.6) is 0 Å². The molecule has 1 aromatic carbocycles. The molecule has 1 heterocycles. The molecule has 0 saturated carbocycles. The van der Waals surface area contributed by atoms with Crippen LogP contribution in [0, 0.1) is 19.7 Å². The summed E-state index contributed by atoms with van der Waals surface area (Å²) in [6.07, 6.45) is 0. The van der Waals surface area contributed by atoms with Gasteiger partial charge in [-0.3, -0.25) is 0 Å². The van der Waals surface area contributed by atoms with Gasteiger partial charge in [0.05, 0.1) is 15.7 Å². The molecule has 94 valence electrons. The third kappa shape index (κ3) is 2.28. The third-order valence-corrected chi connectivity index (χ3v) is 3.22. The van der Waals surface area contributed by atoms with E-state index in [1.54, 1.807) is 6.92 Å². The Morgan fingerprint density at radius 1 is 1.11 bits per heavy atom. The largest absolute Gasteiger partial charge is 0.382 e. The summed E-state index contributed by atoms with van der Waals surface area (Å²) in [5, 5.41) is 0.536. The van der Waals surface area contributed by atoms with E-state index in [4.69, 9.17) is 28.9 Å². The number of hydrogen-bond donors (Lipinski definition) is 1. The Morgan fingerprint density at radius 2 is 1.78 bits per heavy atom. The van der Waals surface area contributed by atoms with Gasteiger partial charge in [0.1, 0.15) is 11.6 Å². The van der Waals surface area contributed by atoms with Crippen LogP contribution in [0.2, 0.25) is 10.0 Å². The van der Waals surface area contributed by atoms with Crippen molar-refractivity contribution >= 4 is 29.0 Å². The predicted octanol–water partition coefficient (Wildman–Crippen LogP) is 4.39. The van der Waals surface area contributed by atoms with E-state index in [9.17, 15) is 4.39 Å². The van der Waals surface area contributed by atoms with E-state index in [2.05, 4.69) is 4.98 Å². The molecule has 0 amide bonds. The van der Waals surface area contributed by atoms with Crippen LogP contribution in [-0.4, -0.2) is 4.98 Å². The Kier molecular flexibility index (Phi) is 3.46. The molecular weight excluding hydrogens is 274 g/mol. The first-order valence-corrected chi connectivity index (χ1v) is 6.04. The Balaban J connectivity index is 2.73. The molecule has 0 aliphatic carbocycles. The van der Waals surface area contributed by atoms with Crippen LogP contribution in [0.1, 0.15) is 11.1 Å². The van der Waals surface area contributed by atoms with E-state index in [0.717, 1.165) is 11.1 Å². The zero-order valence-electron chi connectivity index (χ0n) is 9.89. The highest BCUT2D eigenvalue weighted by atomic mass is 35.5. The molecule has 0 atom stereocenters. The number of benzene rings is 1. The van der Waals surface area contributed by atoms with Crippen molar-refractivity contribution in [3.63, 3.8) is 0 Å². The monoisotopic (exact) mass is 284 g/mol. The van der Waals surface area contributed by atoms with E-state index in [-0.39, 0.29) is 21.7 Å². The molecule has 2 rings (SSSR count). The van der Waals surface area contributed by atoms with Crippen molar-refractivity contribution < 1.29 is 4.39 Å². The molecule has 2 N–H and O–H groups in total. The second-order valence-corrected chi connectivity index (χ2v) is 4.94. The minimum atomic E-state index is -0.372. The average molecular weight is 285 g/mol. The molecule has 0 fully saturated rings. The maximum atomic E-state index is 14.0. The van der Waals surface area contributed by atoms with Gasteiger partial charge >= 0.3 is 0 Å². The first-order chi connectivity index (χ1) is 8.40. The van der Waals surface area contributed by atoms with Crippen molar-refractivity contribution in [3.05, 3.63) is 45.2 Å². The highest BCUT2D eigenvalue weighted by Crippen LogP contribution is 2.34. The number of aromatic nitrogens is 1. The smallest absolute Gasteiger partial charge is 0.143 e. The fourth-order valence-electron chi connectivity index (χ4n) is 1.87. The van der Waals surface area contributed by atoms with Gasteiger partial charge in [0.2, 0.25) is 0 Å². The van der Waals surface area contributed by atoms with E-state index in [1.807, 2.05) is 13.0 Å². The number of nitrogen functional groups attached to an aromatic ring is 1. The van der Waals surface area contributed by atoms with Crippen molar-refractivity contribution in [1.82, 2.24) is 4.98 Å². The summed E-state index contributed by atoms with van der Waals surface area (Å²) in [5.41, 5.74) is 7.89. The quantitative estimate of drug-likeness (QED) is 0.843. The molecule has 0 aliphatic rings. The summed E-state index contributed by atoms with van der Waals surface area (Å²) in [7, 11) is 0. The second kappa shape index (κ2) is 4.75. The predicted molar refractivity (Wildman–Crippen MR) is 73.5 cm³/mol. The molecule has 5 heteroatoms. The van der Waals surface area contributed by atoms with Crippen LogP contribution in [0.25, 0.3) is 11.3 Å². The van der Waals surface area contributed by atoms with Gasteiger partial charge in [-0.05, 0) is 37.1 Å². The van der Waals surface area contributed by atoms with E-state index >= 15 is 0 Å². The van der Waals surface area contributed by atoms with Gasteiger partial charge in [-0.15, -0.1) is 0 Å². The van der Waals surface area contributed by atoms with Crippen LogP contribution >= 0.6 is 23.2 Å². The molecule has 2 aromatic rings. The number of aryl methyl sites for hydroxylation is 2. The summed E-state index contributed by atoms with van der Waals surface area (Å²) in [6, 6.07) is 4.77. The molecule has 0 unspecified atom stereocenters. The Bertz CT molecular complexity index is 604. The highest BCUT2D eigenvalue weighted by Gasteiger charge is 2.16. The number of hydrogen-bond acceptors (Lipinski definition) is 2. The minimum absolute atomic E-state index is 0.135. The summed E-state index contributed by atoms with van der Waals surface area (Å²) >= 11 is 11.9. The molecule has 0 radical (unpaired) electrons. The van der Waals surface area contributed by atoms with Crippen LogP contribution in [0.15, 0.2) is 18.2 Å². The van der Waals surface area contributed by atoms with Crippen LogP contribution in [0.3, 0.4) is 0 Å². The van der Waals surface area contributed by atoms with Gasteiger partial charge in [0, 0.05) is 5.56 Å². The Hall–Kier alpha value is -1.32. The summed E-state index contributed by atoms with van der Waals surface area (Å²) in [6.45, 7) is 3.62. The van der Waals surface area contributed by atoms with Crippen molar-refractivity contribution in [3.8, 4) is 11.3 Å². The van der Waals surface area contributed by atoms with Crippen LogP contribution in [-0.2, 0) is 0 Å². The van der Waals surface area contributed by atoms with Gasteiger partial charge in [0.25, 0.3) is 0 Å². The van der Waals surface area contributed by atoms with E-state index in [0.29, 0.717) is 11.3 Å². The highest BCUT2D eigenvalue weighted by molar-refractivity contribution is 6.37. The number of halogens is 3. The van der Waals surface area contributed by atoms with Crippen molar-refractivity contribution in [1.29, 1.82) is 0 Å². The van der Waals surface area contributed by atoms with Gasteiger partial charge in [0.15, 0.2) is 0 Å². The number of nitrogens with two attached hydrogens (primary N) is 1. The lowest BCUT2D eigenvalue weighted by Gasteiger charge is -2.11. The lowest BCUT2D eigenvalue weighted by atomic mass is 10.0. The van der Waals surface area contributed by atoms with Gasteiger partial charge in [-0.1, -0.05) is 29.3 Å². The van der Waals surface area contributed by atoms with Crippen LogP contribution < -0.4 is 5.73 Å². The normalized spacial score (nSPS) is 10.7. The van der Waals surface area contributed by atoms with E-state index in [1.165, 1.54) is 12.1 Å². The molecule has 0 bridgehead atoms. The fourth-order valence-corrected chi connectivity index (χ4v) is 2.32. The Labute approximate surface area is 115 Å². The summed E-state index contributed by atoms with van der Waals surface area (Å²) in [5.74, 6) is -0.237. The lowest BCUT2D eigenvalue weighted by Crippen LogP contribution is -1.98. The lowest BCUT2D eigenvalue weighted by molar-refractivity contribution is 0.628. The molecule has 1 aromatic heterocycles. The van der Waals surface area contributed by atoms with Crippen LogP contribution in [0.4, 0.5) is 10.2 Å². The molecule has 0 spiro atoms. The molecule has 0 saturated heterocycles. The molecule has 0 aliphatic heterocycles. The second-order valence-electron chi connectivity index (χ2n) is 4.12. The summed E-state index contributed by atoms with van der Waals surface area (Å²) in [4.78, 5) is 4.07. The van der Waals surface area contributed by atoms with Crippen molar-refractivity contribution in [2.45, 2.75) is 13.8 Å². The van der Waals surface area contributed by atoms with E-state index < -0.39 is 0 Å². The van der Waals surface area contributed by atoms with Crippen molar-refractivity contribution in [2.24, 2.45) is 0 Å². The topological polar surface area (TPSA) is 38.9 Å². The number of rotatable bonds is 1. The van der Waals surface area contributed by atoms with Gasteiger partial charge < -0.3 is 5.73 Å². The number of anilines is 1.